The van der Waals surface area contributed by atoms with Gasteiger partial charge in [-0.3, -0.25) is 4.79 Å². The van der Waals surface area contributed by atoms with Crippen LogP contribution in [0.5, 0.6) is 0 Å². The number of ether oxygens (including phenoxy) is 12. The SMILES string of the molecule is C/C=C(/C)C(=O)O[C@H]1[C@H](OC(C)=O)[C@]2(CO[C@@H]3O[C@H](CO)[C@@H](O)[C@H](O)[C@H]3O)[C@H](O)C[C@]3(C)C(=CC[C@@H]4[C@@]5(C)CC[C@H](O[C@@H]6O[C@H](C(=O)O)[C@@H](O)[C@H](O[C@@H]7OC[C@H](O)[C@H](O)[C@H]7OC7OC(C)C(O)C(O)C7O)[C@H]6O[C@@H]6O[C@H](CO)[C@H](O)[C@H](O)[C@H]6O)C(C)(C)[C@@H]5CC[C@]43C)[C@@H]2CC1(C)C. The third kappa shape index (κ3) is 13.1. The van der Waals surface area contributed by atoms with Crippen LogP contribution in [0, 0.1) is 50.2 Å². The van der Waals surface area contributed by atoms with Gasteiger partial charge in [-0.25, -0.2) is 9.59 Å². The van der Waals surface area contributed by atoms with E-state index in [1.165, 1.54) is 13.8 Å². The first kappa shape index (κ1) is 76.5. The second-order valence-corrected chi connectivity index (χ2v) is 30.9. The van der Waals surface area contributed by atoms with Gasteiger partial charge in [0.15, 0.2) is 37.6 Å². The van der Waals surface area contributed by atoms with E-state index in [0.717, 1.165) is 5.57 Å². The zero-order valence-electron chi connectivity index (χ0n) is 56.6. The van der Waals surface area contributed by atoms with Crippen molar-refractivity contribution in [2.24, 2.45) is 50.2 Å². The van der Waals surface area contributed by atoms with Gasteiger partial charge in [0.05, 0.1) is 50.2 Å². The molecule has 0 aromatic carbocycles. The number of carboxylic acid groups (broad SMARTS) is 1. The third-order valence-electron chi connectivity index (χ3n) is 24.7. The van der Waals surface area contributed by atoms with Gasteiger partial charge in [-0.15, -0.1) is 0 Å². The summed E-state index contributed by atoms with van der Waals surface area (Å²) in [7, 11) is 0. The Labute approximate surface area is 562 Å². The minimum Gasteiger partial charge on any atom is -0.479 e. The number of aliphatic carboxylic acids is 1. The standard InChI is InChI=1S/C66H104O31/c1-12-25(2)55(85)97-52-53(89-27(4)69)66(24-87-56-44(79)42(77)39(74)31(21-67)90-56)29(19-61(52,5)6)28-13-14-34-63(9)17-16-36(62(7,8)33(63)15-18-64(34,10)65(28,11)20-35(66)71)92-60-51(96-58-46(81)43(78)40(75)32(22-68)91-58)48(47(82)49(94-60)54(83)84)93-59-50(38(73)30(70)23-86-59)95-57-45(80)41(76)37(72)26(3)88-57/h12-13,26,29-53,56-60,67-68,70-82H,14-24H2,1-11H3,(H,83,84)/b25-12-/t26?,29-,30-,31+,32+,33-,34+,35+,36-,37?,38-,39+,40-,41?,42-,43-,44+,45?,46+,47-,48-,49-,50+,51+,52-,53-,56+,57?,58-,59-,60+,63-,64+,65+,66-/m0/s1. The van der Waals surface area contributed by atoms with Crippen molar-refractivity contribution < 1.29 is 153 Å². The summed E-state index contributed by atoms with van der Waals surface area (Å²) < 4.78 is 74.1. The lowest BCUT2D eigenvalue weighted by atomic mass is 9.33. The van der Waals surface area contributed by atoms with Crippen LogP contribution < -0.4 is 0 Å². The van der Waals surface area contributed by atoms with Gasteiger partial charge in [0.25, 0.3) is 0 Å². The normalized spacial score (nSPS) is 51.3. The van der Waals surface area contributed by atoms with Crippen molar-refractivity contribution in [1.29, 1.82) is 0 Å². The molecule has 0 radical (unpaired) electrons. The third-order valence-corrected chi connectivity index (χ3v) is 24.7. The fraction of sp³-hybridized carbons (Fsp3) is 0.894. The summed E-state index contributed by atoms with van der Waals surface area (Å²) in [6, 6.07) is 0. The quantitative estimate of drug-likeness (QED) is 0.0299. The molecule has 5 unspecified atom stereocenters. The maximum atomic E-state index is 13.9. The Morgan fingerprint density at radius 3 is 1.77 bits per heavy atom. The van der Waals surface area contributed by atoms with E-state index in [2.05, 4.69) is 26.8 Å². The van der Waals surface area contributed by atoms with Crippen LogP contribution in [-0.2, 0) is 71.2 Å². The fourth-order valence-electron chi connectivity index (χ4n) is 18.8. The lowest BCUT2D eigenvalue weighted by molar-refractivity contribution is -0.400. The summed E-state index contributed by atoms with van der Waals surface area (Å²) in [6.45, 7) is 17.4. The molecule has 31 heteroatoms. The van der Waals surface area contributed by atoms with Gasteiger partial charge in [0.1, 0.15) is 116 Å². The number of esters is 2. The molecule has 5 aliphatic heterocycles. The van der Waals surface area contributed by atoms with Crippen molar-refractivity contribution in [2.75, 3.05) is 26.4 Å². The molecule has 0 aromatic heterocycles. The molecular weight excluding hydrogens is 1290 g/mol. The predicted molar refractivity (Wildman–Crippen MR) is 325 cm³/mol. The molecule has 0 amide bonds. The molecule has 97 heavy (non-hydrogen) atoms. The molecule has 0 aromatic rings. The van der Waals surface area contributed by atoms with E-state index in [1.54, 1.807) is 19.9 Å². The second-order valence-electron chi connectivity index (χ2n) is 30.9. The molecule has 10 rings (SSSR count). The summed E-state index contributed by atoms with van der Waals surface area (Å²) in [5.74, 6) is -4.16. The minimum atomic E-state index is -2.25. The van der Waals surface area contributed by atoms with E-state index >= 15 is 0 Å². The lowest BCUT2D eigenvalue weighted by Crippen LogP contribution is -2.73. The highest BCUT2D eigenvalue weighted by atomic mass is 16.8. The maximum Gasteiger partial charge on any atom is 0.335 e. The second kappa shape index (κ2) is 28.5. The molecule has 5 aliphatic carbocycles. The number of carboxylic acids is 1. The first-order valence-corrected chi connectivity index (χ1v) is 33.8. The van der Waals surface area contributed by atoms with Gasteiger partial charge in [-0.2, -0.15) is 0 Å². The molecule has 9 fully saturated rings. The maximum absolute atomic E-state index is 13.9. The van der Waals surface area contributed by atoms with E-state index in [1.807, 2.05) is 27.7 Å². The highest BCUT2D eigenvalue weighted by Gasteiger charge is 2.74. The molecule has 35 atom stereocenters. The molecule has 16 N–H and O–H groups in total. The molecule has 554 valence electrons. The fourth-order valence-corrected chi connectivity index (χ4v) is 18.8. The average molecular weight is 1390 g/mol. The van der Waals surface area contributed by atoms with E-state index < -0.39 is 255 Å². The molecule has 4 saturated carbocycles. The molecule has 0 bridgehead atoms. The predicted octanol–water partition coefficient (Wildman–Crippen LogP) is -2.98. The Morgan fingerprint density at radius 2 is 1.18 bits per heavy atom. The van der Waals surface area contributed by atoms with E-state index in [-0.39, 0.29) is 36.7 Å². The summed E-state index contributed by atoms with van der Waals surface area (Å²) in [4.78, 5) is 40.7. The zero-order valence-corrected chi connectivity index (χ0v) is 56.6. The van der Waals surface area contributed by atoms with Crippen molar-refractivity contribution in [3.05, 3.63) is 23.3 Å². The van der Waals surface area contributed by atoms with E-state index in [9.17, 15) is 96.1 Å². The number of hydrogen-bond donors (Lipinski definition) is 16. The largest absolute Gasteiger partial charge is 0.479 e. The zero-order chi connectivity index (χ0) is 71.5. The molecule has 10 aliphatic rings. The van der Waals surface area contributed by atoms with Crippen LogP contribution in [-0.4, -0.2) is 298 Å². The molecule has 31 nitrogen and oxygen atoms in total. The summed E-state index contributed by atoms with van der Waals surface area (Å²) in [6.07, 6.45) is -42.3. The first-order valence-electron chi connectivity index (χ1n) is 33.8. The van der Waals surface area contributed by atoms with Crippen LogP contribution in [0.4, 0.5) is 0 Å². The average Bonchev–Trinajstić information content (AvgIpc) is 0.668. The molecule has 5 heterocycles. The Kier molecular flexibility index (Phi) is 22.5. The van der Waals surface area contributed by atoms with Crippen molar-refractivity contribution in [1.82, 2.24) is 0 Å². The highest BCUT2D eigenvalue weighted by Crippen LogP contribution is 2.76. The number of carbonyl (C=O) groups is 3. The number of hydrogen-bond acceptors (Lipinski definition) is 30. The Balaban J connectivity index is 0.986. The van der Waals surface area contributed by atoms with Crippen LogP contribution in [0.15, 0.2) is 23.3 Å². The lowest BCUT2D eigenvalue weighted by Gasteiger charge is -2.72. The van der Waals surface area contributed by atoms with E-state index in [4.69, 9.17) is 56.8 Å². The summed E-state index contributed by atoms with van der Waals surface area (Å²) >= 11 is 0. The minimum absolute atomic E-state index is 0.0543. The Morgan fingerprint density at radius 1 is 0.598 bits per heavy atom. The highest BCUT2D eigenvalue weighted by molar-refractivity contribution is 5.87. The number of aliphatic hydroxyl groups is 15. The Hall–Kier alpha value is -3.11. The van der Waals surface area contributed by atoms with Crippen molar-refractivity contribution in [2.45, 2.75) is 293 Å². The number of carbonyl (C=O) groups excluding carboxylic acids is 2. The van der Waals surface area contributed by atoms with Gasteiger partial charge in [0.2, 0.25) is 0 Å². The van der Waals surface area contributed by atoms with Crippen molar-refractivity contribution in [3.8, 4) is 0 Å². The monoisotopic (exact) mass is 1390 g/mol. The molecule has 5 saturated heterocycles. The number of fused-ring (bicyclic) bond motifs is 7. The summed E-state index contributed by atoms with van der Waals surface area (Å²) in [5, 5.41) is 177. The van der Waals surface area contributed by atoms with Crippen LogP contribution >= 0.6 is 0 Å². The van der Waals surface area contributed by atoms with Gasteiger partial charge in [-0.1, -0.05) is 66.2 Å². The Bertz CT molecular complexity index is 2860. The molecular formula is C66H104O31. The number of rotatable bonds is 17. The smallest absolute Gasteiger partial charge is 0.335 e. The number of allylic oxidation sites excluding steroid dienone is 3. The van der Waals surface area contributed by atoms with Gasteiger partial charge in [-0.05, 0) is 105 Å². The number of aliphatic hydroxyl groups excluding tert-OH is 15. The topological polar surface area (TPSA) is 486 Å². The van der Waals surface area contributed by atoms with Crippen LogP contribution in [0.3, 0.4) is 0 Å². The van der Waals surface area contributed by atoms with E-state index in [0.29, 0.717) is 25.7 Å². The van der Waals surface area contributed by atoms with Crippen LogP contribution in [0.1, 0.15) is 121 Å². The van der Waals surface area contributed by atoms with Gasteiger partial charge < -0.3 is 139 Å². The van der Waals surface area contributed by atoms with Gasteiger partial charge >= 0.3 is 17.9 Å². The van der Waals surface area contributed by atoms with Gasteiger partial charge in [0, 0.05) is 17.9 Å². The first-order chi connectivity index (χ1) is 45.3. The van der Waals surface area contributed by atoms with Crippen molar-refractivity contribution >= 4 is 17.9 Å². The van der Waals surface area contributed by atoms with Crippen molar-refractivity contribution in [3.63, 3.8) is 0 Å². The van der Waals surface area contributed by atoms with Crippen LogP contribution in [0.2, 0.25) is 0 Å². The molecule has 0 spiro atoms. The van der Waals surface area contributed by atoms with Crippen LogP contribution in [0.25, 0.3) is 0 Å². The summed E-state index contributed by atoms with van der Waals surface area (Å²) in [5.41, 5.74) is -4.22.